The molecular formula is C11H25NO. The van der Waals surface area contributed by atoms with E-state index in [1.807, 2.05) is 0 Å². The summed E-state index contributed by atoms with van der Waals surface area (Å²) in [6, 6.07) is 0.534. The fraction of sp³-hybridized carbons (Fsp3) is 1.00. The summed E-state index contributed by atoms with van der Waals surface area (Å²) in [6.45, 7) is 9.37. The van der Waals surface area contributed by atoms with E-state index >= 15 is 0 Å². The quantitative estimate of drug-likeness (QED) is 0.640. The van der Waals surface area contributed by atoms with Gasteiger partial charge in [-0.05, 0) is 25.7 Å². The molecule has 0 heterocycles. The van der Waals surface area contributed by atoms with Crippen molar-refractivity contribution in [2.24, 2.45) is 5.92 Å². The first-order valence-electron chi connectivity index (χ1n) is 5.47. The number of hydrogen-bond acceptors (Lipinski definition) is 2. The van der Waals surface area contributed by atoms with E-state index in [0.717, 1.165) is 13.0 Å². The fourth-order valence-electron chi connectivity index (χ4n) is 1.50. The lowest BCUT2D eigenvalue weighted by Gasteiger charge is -2.17. The van der Waals surface area contributed by atoms with Crippen LogP contribution in [0.1, 0.15) is 47.0 Å². The first-order chi connectivity index (χ1) is 6.06. The van der Waals surface area contributed by atoms with Crippen LogP contribution in [-0.4, -0.2) is 23.8 Å². The molecule has 80 valence electrons. The third-order valence-corrected chi connectivity index (χ3v) is 2.17. The Bertz CT molecular complexity index is 115. The summed E-state index contributed by atoms with van der Waals surface area (Å²) >= 11 is 0. The molecule has 13 heavy (non-hydrogen) atoms. The molecule has 2 unspecified atom stereocenters. The molecule has 0 aliphatic heterocycles. The summed E-state index contributed by atoms with van der Waals surface area (Å²) in [4.78, 5) is 0. The fourth-order valence-corrected chi connectivity index (χ4v) is 1.50. The number of aliphatic hydroxyl groups is 1. The molecular weight excluding hydrogens is 162 g/mol. The summed E-state index contributed by atoms with van der Waals surface area (Å²) < 4.78 is 0. The lowest BCUT2D eigenvalue weighted by molar-refractivity contribution is 0.142. The van der Waals surface area contributed by atoms with Crippen molar-refractivity contribution in [1.82, 2.24) is 5.32 Å². The van der Waals surface area contributed by atoms with Gasteiger partial charge < -0.3 is 10.4 Å². The van der Waals surface area contributed by atoms with Gasteiger partial charge in [-0.15, -0.1) is 0 Å². The van der Waals surface area contributed by atoms with Crippen LogP contribution in [0.25, 0.3) is 0 Å². The molecule has 0 saturated heterocycles. The van der Waals surface area contributed by atoms with E-state index in [0.29, 0.717) is 12.0 Å². The van der Waals surface area contributed by atoms with Crippen molar-refractivity contribution in [2.45, 2.75) is 59.1 Å². The molecule has 0 bridgehead atoms. The largest absolute Gasteiger partial charge is 0.392 e. The number of hydrogen-bond donors (Lipinski definition) is 2. The molecule has 2 N–H and O–H groups in total. The summed E-state index contributed by atoms with van der Waals surface area (Å²) in [7, 11) is 0. The Morgan fingerprint density at radius 2 is 1.85 bits per heavy atom. The summed E-state index contributed by atoms with van der Waals surface area (Å²) in [6.07, 6.45) is 3.11. The lowest BCUT2D eigenvalue weighted by Crippen LogP contribution is -2.34. The Balaban J connectivity index is 3.40. The summed E-state index contributed by atoms with van der Waals surface area (Å²) in [5, 5.41) is 12.9. The van der Waals surface area contributed by atoms with Gasteiger partial charge in [-0.25, -0.2) is 0 Å². The Hall–Kier alpha value is -0.0800. The number of nitrogens with one attached hydrogen (secondary N) is 1. The van der Waals surface area contributed by atoms with Crippen LogP contribution in [0.5, 0.6) is 0 Å². The van der Waals surface area contributed by atoms with E-state index in [1.54, 1.807) is 0 Å². The van der Waals surface area contributed by atoms with E-state index in [-0.39, 0.29) is 6.10 Å². The van der Waals surface area contributed by atoms with E-state index in [4.69, 9.17) is 0 Å². The van der Waals surface area contributed by atoms with Crippen LogP contribution in [0.2, 0.25) is 0 Å². The molecule has 0 aliphatic rings. The Morgan fingerprint density at radius 1 is 1.23 bits per heavy atom. The van der Waals surface area contributed by atoms with Crippen LogP contribution < -0.4 is 5.32 Å². The second-order valence-electron chi connectivity index (χ2n) is 4.38. The zero-order valence-corrected chi connectivity index (χ0v) is 9.51. The van der Waals surface area contributed by atoms with E-state index in [2.05, 4.69) is 33.0 Å². The zero-order valence-electron chi connectivity index (χ0n) is 9.51. The van der Waals surface area contributed by atoms with Crippen molar-refractivity contribution in [1.29, 1.82) is 0 Å². The molecule has 2 heteroatoms. The maximum Gasteiger partial charge on any atom is 0.0667 e. The van der Waals surface area contributed by atoms with Gasteiger partial charge in [-0.1, -0.05) is 27.2 Å². The minimum atomic E-state index is -0.181. The van der Waals surface area contributed by atoms with Gasteiger partial charge in [0.2, 0.25) is 0 Å². The van der Waals surface area contributed by atoms with Crippen molar-refractivity contribution in [2.75, 3.05) is 6.54 Å². The van der Waals surface area contributed by atoms with Crippen LogP contribution in [-0.2, 0) is 0 Å². The van der Waals surface area contributed by atoms with Crippen molar-refractivity contribution < 1.29 is 5.11 Å². The van der Waals surface area contributed by atoms with Crippen LogP contribution in [0.15, 0.2) is 0 Å². The minimum Gasteiger partial charge on any atom is -0.392 e. The average Bonchev–Trinajstić information content (AvgIpc) is 2.00. The van der Waals surface area contributed by atoms with E-state index in [1.165, 1.54) is 12.8 Å². The van der Waals surface area contributed by atoms with Gasteiger partial charge in [-0.2, -0.15) is 0 Å². The van der Waals surface area contributed by atoms with Crippen molar-refractivity contribution in [3.05, 3.63) is 0 Å². The molecule has 0 spiro atoms. The van der Waals surface area contributed by atoms with Gasteiger partial charge in [0.1, 0.15) is 0 Å². The van der Waals surface area contributed by atoms with Gasteiger partial charge in [0, 0.05) is 12.6 Å². The summed E-state index contributed by atoms with van der Waals surface area (Å²) in [5.41, 5.74) is 0. The first-order valence-corrected chi connectivity index (χ1v) is 5.47. The maximum absolute atomic E-state index is 9.57. The predicted octanol–water partition coefficient (Wildman–Crippen LogP) is 2.17. The topological polar surface area (TPSA) is 32.3 Å². The summed E-state index contributed by atoms with van der Waals surface area (Å²) in [5.74, 6) is 0.582. The van der Waals surface area contributed by atoms with Crippen molar-refractivity contribution in [3.63, 3.8) is 0 Å². The smallest absolute Gasteiger partial charge is 0.0667 e. The second-order valence-corrected chi connectivity index (χ2v) is 4.38. The molecule has 0 aromatic carbocycles. The van der Waals surface area contributed by atoms with E-state index in [9.17, 15) is 5.11 Å². The molecule has 2 atom stereocenters. The van der Waals surface area contributed by atoms with Gasteiger partial charge >= 0.3 is 0 Å². The Morgan fingerprint density at radius 3 is 2.31 bits per heavy atom. The van der Waals surface area contributed by atoms with Gasteiger partial charge in [0.15, 0.2) is 0 Å². The van der Waals surface area contributed by atoms with Crippen LogP contribution in [0.3, 0.4) is 0 Å². The molecule has 0 aromatic rings. The molecule has 0 radical (unpaired) electrons. The van der Waals surface area contributed by atoms with Crippen LogP contribution >= 0.6 is 0 Å². The molecule has 0 aromatic heterocycles. The predicted molar refractivity (Wildman–Crippen MR) is 57.8 cm³/mol. The van der Waals surface area contributed by atoms with Gasteiger partial charge in [-0.3, -0.25) is 0 Å². The third kappa shape index (κ3) is 8.26. The average molecular weight is 187 g/mol. The molecule has 0 fully saturated rings. The highest BCUT2D eigenvalue weighted by molar-refractivity contribution is 4.66. The van der Waals surface area contributed by atoms with Gasteiger partial charge in [0.05, 0.1) is 6.10 Å². The van der Waals surface area contributed by atoms with Crippen molar-refractivity contribution in [3.8, 4) is 0 Å². The highest BCUT2D eigenvalue weighted by Crippen LogP contribution is 2.04. The molecule has 2 nitrogen and oxygen atoms in total. The van der Waals surface area contributed by atoms with Gasteiger partial charge in [0.25, 0.3) is 0 Å². The standard InChI is InChI=1S/C11H25NO/c1-5-6-10(4)12-8-11(13)7-9(2)3/h9-13H,5-8H2,1-4H3. The monoisotopic (exact) mass is 187 g/mol. The molecule has 0 saturated carbocycles. The van der Waals surface area contributed by atoms with Crippen LogP contribution in [0.4, 0.5) is 0 Å². The maximum atomic E-state index is 9.57. The highest BCUT2D eigenvalue weighted by Gasteiger charge is 2.07. The minimum absolute atomic E-state index is 0.181. The first kappa shape index (κ1) is 12.9. The number of aliphatic hydroxyl groups excluding tert-OH is 1. The third-order valence-electron chi connectivity index (χ3n) is 2.17. The lowest BCUT2D eigenvalue weighted by atomic mass is 10.1. The Labute approximate surface area is 82.7 Å². The molecule has 0 aliphatic carbocycles. The Kier molecular flexibility index (Phi) is 7.29. The SMILES string of the molecule is CCCC(C)NCC(O)CC(C)C. The van der Waals surface area contributed by atoms with Crippen molar-refractivity contribution >= 4 is 0 Å². The normalized spacial score (nSPS) is 16.2. The van der Waals surface area contributed by atoms with Crippen LogP contribution in [0, 0.1) is 5.92 Å². The second kappa shape index (κ2) is 7.34. The van der Waals surface area contributed by atoms with E-state index < -0.39 is 0 Å². The highest BCUT2D eigenvalue weighted by atomic mass is 16.3. The zero-order chi connectivity index (χ0) is 10.3. The molecule has 0 rings (SSSR count). The number of rotatable bonds is 7. The molecule has 0 amide bonds.